The lowest BCUT2D eigenvalue weighted by Gasteiger charge is -2.12. The third-order valence-electron chi connectivity index (χ3n) is 3.34. The minimum absolute atomic E-state index is 0.135. The van der Waals surface area contributed by atoms with E-state index in [4.69, 9.17) is 16.6 Å². The molecule has 21 heavy (non-hydrogen) atoms. The van der Waals surface area contributed by atoms with Gasteiger partial charge in [0.05, 0.1) is 5.52 Å². The third-order valence-corrected chi connectivity index (χ3v) is 4.99. The van der Waals surface area contributed by atoms with Gasteiger partial charge in [0.25, 0.3) is 0 Å². The molecule has 1 nitrogen and oxygen atoms in total. The van der Waals surface area contributed by atoms with Gasteiger partial charge < -0.3 is 0 Å². The van der Waals surface area contributed by atoms with Crippen LogP contribution in [-0.4, -0.2) is 4.98 Å². The van der Waals surface area contributed by atoms with E-state index in [2.05, 4.69) is 50.1 Å². The Morgan fingerprint density at radius 2 is 1.86 bits per heavy atom. The first-order valence-electron chi connectivity index (χ1n) is 6.57. The quantitative estimate of drug-likeness (QED) is 0.447. The summed E-state index contributed by atoms with van der Waals surface area (Å²) in [7, 11) is 0. The minimum Gasteiger partial charge on any atom is -0.253 e. The Morgan fingerprint density at radius 1 is 1.05 bits per heavy atom. The van der Waals surface area contributed by atoms with Gasteiger partial charge in [-0.3, -0.25) is 4.98 Å². The number of hydrogen-bond acceptors (Lipinski definition) is 1. The van der Waals surface area contributed by atoms with Gasteiger partial charge in [-0.1, -0.05) is 67.7 Å². The Bertz CT molecular complexity index is 789. The lowest BCUT2D eigenvalue weighted by atomic mass is 10.1. The van der Waals surface area contributed by atoms with E-state index in [-0.39, 0.29) is 4.83 Å². The van der Waals surface area contributed by atoms with E-state index < -0.39 is 0 Å². The number of fused-ring (bicyclic) bond motifs is 1. The molecule has 0 N–H and O–H groups in total. The van der Waals surface area contributed by atoms with Crippen molar-refractivity contribution in [3.8, 4) is 0 Å². The smallest absolute Gasteiger partial charge is 0.0705 e. The summed E-state index contributed by atoms with van der Waals surface area (Å²) in [6, 6.07) is 18.2. The lowest BCUT2D eigenvalue weighted by molar-refractivity contribution is 0.912. The zero-order chi connectivity index (χ0) is 14.8. The number of halogens is 3. The molecule has 0 bridgehead atoms. The summed E-state index contributed by atoms with van der Waals surface area (Å²) in [6.45, 7) is 0. The fraction of sp³-hybridized carbons (Fsp3) is 0.118. The number of para-hydroxylation sites is 1. The molecule has 0 aliphatic heterocycles. The van der Waals surface area contributed by atoms with Crippen molar-refractivity contribution in [2.45, 2.75) is 11.2 Å². The van der Waals surface area contributed by atoms with Crippen LogP contribution < -0.4 is 0 Å². The molecule has 2 aromatic carbocycles. The number of nitrogens with zero attached hydrogens (tertiary/aromatic N) is 1. The Kier molecular flexibility index (Phi) is 4.63. The van der Waals surface area contributed by atoms with Crippen LogP contribution in [0.25, 0.3) is 10.9 Å². The summed E-state index contributed by atoms with van der Waals surface area (Å²) in [6.07, 6.45) is 0.793. The van der Waals surface area contributed by atoms with Gasteiger partial charge in [-0.15, -0.1) is 0 Å². The molecule has 0 aliphatic rings. The zero-order valence-corrected chi connectivity index (χ0v) is 15.0. The number of alkyl halides is 1. The fourth-order valence-electron chi connectivity index (χ4n) is 2.27. The zero-order valence-electron chi connectivity index (χ0n) is 11.1. The van der Waals surface area contributed by atoms with Crippen molar-refractivity contribution < 1.29 is 0 Å². The van der Waals surface area contributed by atoms with E-state index in [0.29, 0.717) is 0 Å². The van der Waals surface area contributed by atoms with Crippen LogP contribution in [0.5, 0.6) is 0 Å². The van der Waals surface area contributed by atoms with E-state index >= 15 is 0 Å². The van der Waals surface area contributed by atoms with Crippen molar-refractivity contribution in [2.24, 2.45) is 0 Å². The Morgan fingerprint density at radius 3 is 2.71 bits per heavy atom. The van der Waals surface area contributed by atoms with Gasteiger partial charge in [-0.05, 0) is 35.9 Å². The highest BCUT2D eigenvalue weighted by atomic mass is 79.9. The summed E-state index contributed by atoms with van der Waals surface area (Å²) in [5, 5.41) is 1.92. The second kappa shape index (κ2) is 6.47. The monoisotopic (exact) mass is 423 g/mol. The molecule has 1 aromatic heterocycles. The average Bonchev–Trinajstić information content (AvgIpc) is 2.49. The molecule has 106 valence electrons. The molecule has 0 saturated heterocycles. The topological polar surface area (TPSA) is 12.9 Å². The van der Waals surface area contributed by atoms with E-state index in [1.165, 1.54) is 0 Å². The Hall–Kier alpha value is -0.900. The van der Waals surface area contributed by atoms with Crippen LogP contribution >= 0.6 is 43.5 Å². The van der Waals surface area contributed by atoms with E-state index in [1.807, 2.05) is 36.4 Å². The van der Waals surface area contributed by atoms with Crippen LogP contribution in [0.2, 0.25) is 5.02 Å². The van der Waals surface area contributed by atoms with Gasteiger partial charge in [0.2, 0.25) is 0 Å². The Balaban J connectivity index is 1.88. The SMILES string of the molecule is Clc1ccc(Br)cc1C(Br)Cc1ccc2ccccc2n1. The minimum atomic E-state index is 0.135. The standard InChI is InChI=1S/C17H12Br2ClN/c18-12-6-8-16(20)14(9-12)15(19)10-13-7-5-11-3-1-2-4-17(11)21-13/h1-9,15H,10H2. The van der Waals surface area contributed by atoms with Crippen molar-refractivity contribution >= 4 is 54.4 Å². The highest BCUT2D eigenvalue weighted by Gasteiger charge is 2.13. The van der Waals surface area contributed by atoms with Crippen molar-refractivity contribution in [3.63, 3.8) is 0 Å². The van der Waals surface area contributed by atoms with Gasteiger partial charge in [0.1, 0.15) is 0 Å². The molecule has 1 unspecified atom stereocenters. The molecule has 0 aliphatic carbocycles. The number of pyridine rings is 1. The molecule has 0 amide bonds. The average molecular weight is 426 g/mol. The van der Waals surface area contributed by atoms with Crippen LogP contribution in [0.3, 0.4) is 0 Å². The van der Waals surface area contributed by atoms with Crippen molar-refractivity contribution in [1.82, 2.24) is 4.98 Å². The molecular weight excluding hydrogens is 413 g/mol. The summed E-state index contributed by atoms with van der Waals surface area (Å²) in [5.41, 5.74) is 3.14. The normalized spacial score (nSPS) is 12.5. The highest BCUT2D eigenvalue weighted by Crippen LogP contribution is 2.34. The van der Waals surface area contributed by atoms with Crippen LogP contribution in [-0.2, 0) is 6.42 Å². The van der Waals surface area contributed by atoms with Gasteiger partial charge in [0, 0.05) is 31.8 Å². The number of aromatic nitrogens is 1. The summed E-state index contributed by atoms with van der Waals surface area (Å²) < 4.78 is 1.03. The van der Waals surface area contributed by atoms with Crippen molar-refractivity contribution in [3.05, 3.63) is 75.4 Å². The Labute approximate surface area is 145 Å². The van der Waals surface area contributed by atoms with Gasteiger partial charge in [0.15, 0.2) is 0 Å². The summed E-state index contributed by atoms with van der Waals surface area (Å²) in [4.78, 5) is 4.84. The van der Waals surface area contributed by atoms with Crippen molar-refractivity contribution in [2.75, 3.05) is 0 Å². The first-order chi connectivity index (χ1) is 10.1. The highest BCUT2D eigenvalue weighted by molar-refractivity contribution is 9.10. The molecule has 4 heteroatoms. The molecule has 0 fully saturated rings. The maximum Gasteiger partial charge on any atom is 0.0705 e. The molecule has 0 saturated carbocycles. The second-order valence-electron chi connectivity index (χ2n) is 4.83. The number of hydrogen-bond donors (Lipinski definition) is 0. The predicted octanol–water partition coefficient (Wildman–Crippen LogP) is 6.33. The van der Waals surface area contributed by atoms with Gasteiger partial charge >= 0.3 is 0 Å². The molecule has 1 heterocycles. The van der Waals surface area contributed by atoms with Crippen LogP contribution in [0, 0.1) is 0 Å². The maximum atomic E-state index is 6.28. The summed E-state index contributed by atoms with van der Waals surface area (Å²) >= 11 is 13.5. The molecule has 0 spiro atoms. The second-order valence-corrected chi connectivity index (χ2v) is 7.26. The van der Waals surface area contributed by atoms with Crippen molar-refractivity contribution in [1.29, 1.82) is 0 Å². The molecular formula is C17H12Br2ClN. The number of rotatable bonds is 3. The van der Waals surface area contributed by atoms with Gasteiger partial charge in [-0.25, -0.2) is 0 Å². The van der Waals surface area contributed by atoms with E-state index in [0.717, 1.165) is 38.1 Å². The maximum absolute atomic E-state index is 6.28. The third kappa shape index (κ3) is 3.47. The predicted molar refractivity (Wildman–Crippen MR) is 96.3 cm³/mol. The molecule has 3 rings (SSSR count). The van der Waals surface area contributed by atoms with Crippen LogP contribution in [0.15, 0.2) is 59.1 Å². The summed E-state index contributed by atoms with van der Waals surface area (Å²) in [5.74, 6) is 0. The van der Waals surface area contributed by atoms with Crippen LogP contribution in [0.1, 0.15) is 16.1 Å². The van der Waals surface area contributed by atoms with E-state index in [9.17, 15) is 0 Å². The van der Waals surface area contributed by atoms with Gasteiger partial charge in [-0.2, -0.15) is 0 Å². The molecule has 0 radical (unpaired) electrons. The molecule has 3 aromatic rings. The number of benzene rings is 2. The first kappa shape index (κ1) is 15.0. The lowest BCUT2D eigenvalue weighted by Crippen LogP contribution is -1.99. The van der Waals surface area contributed by atoms with Crippen LogP contribution in [0.4, 0.5) is 0 Å². The first-order valence-corrected chi connectivity index (χ1v) is 8.66. The van der Waals surface area contributed by atoms with E-state index in [1.54, 1.807) is 0 Å². The molecule has 1 atom stereocenters. The fourth-order valence-corrected chi connectivity index (χ4v) is 3.74. The largest absolute Gasteiger partial charge is 0.253 e.